The molecule has 0 radical (unpaired) electrons. The summed E-state index contributed by atoms with van der Waals surface area (Å²) >= 11 is 0. The lowest BCUT2D eigenvalue weighted by molar-refractivity contribution is 0.492. The summed E-state index contributed by atoms with van der Waals surface area (Å²) in [7, 11) is 0. The quantitative estimate of drug-likeness (QED) is 0.935. The molecule has 0 amide bonds. The number of aromatic nitrogens is 1. The molecule has 21 heavy (non-hydrogen) atoms. The zero-order valence-corrected chi connectivity index (χ0v) is 13.3. The Morgan fingerprint density at radius 1 is 1.10 bits per heavy atom. The molecule has 0 unspecified atom stereocenters. The molecule has 0 saturated heterocycles. The summed E-state index contributed by atoms with van der Waals surface area (Å²) < 4.78 is 1.85. The van der Waals surface area contributed by atoms with Crippen molar-refractivity contribution in [3.63, 3.8) is 0 Å². The smallest absolute Gasteiger partial charge is 0.256 e. The van der Waals surface area contributed by atoms with Crippen LogP contribution in [0.3, 0.4) is 0 Å². The molecule has 0 atom stereocenters. The van der Waals surface area contributed by atoms with Crippen LogP contribution in [-0.4, -0.2) is 4.57 Å². The van der Waals surface area contributed by atoms with Crippen LogP contribution in [0.2, 0.25) is 0 Å². The molecule has 3 nitrogen and oxygen atoms in total. The van der Waals surface area contributed by atoms with E-state index in [1.165, 1.54) is 0 Å². The SMILES string of the molecule is CC(C)Cn1c(-c2ccccc2)ccc(C(C)(C)N)c1=O. The van der Waals surface area contributed by atoms with Gasteiger partial charge in [0.15, 0.2) is 0 Å². The van der Waals surface area contributed by atoms with E-state index in [4.69, 9.17) is 5.73 Å². The van der Waals surface area contributed by atoms with Crippen molar-refractivity contribution in [3.8, 4) is 11.3 Å². The highest BCUT2D eigenvalue weighted by Crippen LogP contribution is 2.21. The predicted molar refractivity (Wildman–Crippen MR) is 88.2 cm³/mol. The van der Waals surface area contributed by atoms with Crippen LogP contribution in [0.5, 0.6) is 0 Å². The highest BCUT2D eigenvalue weighted by molar-refractivity contribution is 5.59. The average Bonchev–Trinajstić information content (AvgIpc) is 2.40. The highest BCUT2D eigenvalue weighted by atomic mass is 16.1. The lowest BCUT2D eigenvalue weighted by Crippen LogP contribution is -2.38. The highest BCUT2D eigenvalue weighted by Gasteiger charge is 2.21. The van der Waals surface area contributed by atoms with Crippen molar-refractivity contribution in [2.45, 2.75) is 39.8 Å². The van der Waals surface area contributed by atoms with Gasteiger partial charge in [0.05, 0.1) is 5.69 Å². The summed E-state index contributed by atoms with van der Waals surface area (Å²) in [5.74, 6) is 0.390. The van der Waals surface area contributed by atoms with Crippen molar-refractivity contribution in [2.75, 3.05) is 0 Å². The third-order valence-corrected chi connectivity index (χ3v) is 3.49. The van der Waals surface area contributed by atoms with E-state index in [2.05, 4.69) is 13.8 Å². The predicted octanol–water partition coefficient (Wildman–Crippen LogP) is 3.37. The summed E-state index contributed by atoms with van der Waals surface area (Å²) in [5, 5.41) is 0. The van der Waals surface area contributed by atoms with Gasteiger partial charge in [0, 0.05) is 17.6 Å². The second-order valence-electron chi connectivity index (χ2n) is 6.53. The number of hydrogen-bond acceptors (Lipinski definition) is 2. The van der Waals surface area contributed by atoms with Crippen molar-refractivity contribution in [3.05, 3.63) is 58.4 Å². The minimum absolute atomic E-state index is 0.0116. The first-order valence-electron chi connectivity index (χ1n) is 7.39. The first-order chi connectivity index (χ1) is 9.80. The number of pyridine rings is 1. The topological polar surface area (TPSA) is 48.0 Å². The zero-order valence-electron chi connectivity index (χ0n) is 13.3. The molecule has 0 spiro atoms. The van der Waals surface area contributed by atoms with Gasteiger partial charge in [-0.1, -0.05) is 44.2 Å². The van der Waals surface area contributed by atoms with Crippen LogP contribution in [0.4, 0.5) is 0 Å². The number of hydrogen-bond donors (Lipinski definition) is 1. The summed E-state index contributed by atoms with van der Waals surface area (Å²) in [5.41, 5.74) is 8.16. The molecule has 0 aliphatic heterocycles. The third kappa shape index (κ3) is 3.42. The Kier molecular flexibility index (Phi) is 4.33. The molecule has 0 bridgehead atoms. The molecule has 1 heterocycles. The Morgan fingerprint density at radius 2 is 1.71 bits per heavy atom. The molecule has 2 rings (SSSR count). The lowest BCUT2D eigenvalue weighted by atomic mass is 9.96. The molecule has 112 valence electrons. The van der Waals surface area contributed by atoms with E-state index >= 15 is 0 Å². The van der Waals surface area contributed by atoms with Gasteiger partial charge in [-0.25, -0.2) is 0 Å². The van der Waals surface area contributed by atoms with Gasteiger partial charge in [0.2, 0.25) is 0 Å². The van der Waals surface area contributed by atoms with Gasteiger partial charge in [0.25, 0.3) is 5.56 Å². The Balaban J connectivity index is 2.67. The molecule has 0 saturated carbocycles. The van der Waals surface area contributed by atoms with Crippen LogP contribution in [-0.2, 0) is 12.1 Å². The van der Waals surface area contributed by atoms with Crippen LogP contribution < -0.4 is 11.3 Å². The molecule has 1 aromatic carbocycles. The Bertz CT molecular complexity index is 664. The van der Waals surface area contributed by atoms with Gasteiger partial charge in [-0.15, -0.1) is 0 Å². The second-order valence-corrected chi connectivity index (χ2v) is 6.53. The number of benzene rings is 1. The Labute approximate surface area is 126 Å². The number of nitrogens with zero attached hydrogens (tertiary/aromatic N) is 1. The number of nitrogens with two attached hydrogens (primary N) is 1. The summed E-state index contributed by atoms with van der Waals surface area (Å²) in [4.78, 5) is 12.8. The Hall–Kier alpha value is -1.87. The molecule has 3 heteroatoms. The molecule has 2 N–H and O–H groups in total. The summed E-state index contributed by atoms with van der Waals surface area (Å²) in [6, 6.07) is 13.9. The van der Waals surface area contributed by atoms with E-state index in [0.29, 0.717) is 18.0 Å². The summed E-state index contributed by atoms with van der Waals surface area (Å²) in [6.45, 7) is 8.65. The largest absolute Gasteiger partial charge is 0.322 e. The maximum atomic E-state index is 12.8. The Morgan fingerprint density at radius 3 is 2.24 bits per heavy atom. The third-order valence-electron chi connectivity index (χ3n) is 3.49. The van der Waals surface area contributed by atoms with Gasteiger partial charge in [-0.2, -0.15) is 0 Å². The van der Waals surface area contributed by atoms with E-state index in [1.807, 2.05) is 60.9 Å². The summed E-state index contributed by atoms with van der Waals surface area (Å²) in [6.07, 6.45) is 0. The average molecular weight is 284 g/mol. The van der Waals surface area contributed by atoms with E-state index < -0.39 is 5.54 Å². The van der Waals surface area contributed by atoms with Gasteiger partial charge in [-0.05, 0) is 37.5 Å². The van der Waals surface area contributed by atoms with Crippen molar-refractivity contribution in [1.29, 1.82) is 0 Å². The first-order valence-corrected chi connectivity index (χ1v) is 7.39. The van der Waals surface area contributed by atoms with Crippen molar-refractivity contribution >= 4 is 0 Å². The fourth-order valence-corrected chi connectivity index (χ4v) is 2.48. The fraction of sp³-hybridized carbons (Fsp3) is 0.389. The monoisotopic (exact) mass is 284 g/mol. The van der Waals surface area contributed by atoms with E-state index in [9.17, 15) is 4.79 Å². The van der Waals surface area contributed by atoms with E-state index in [0.717, 1.165) is 11.3 Å². The maximum Gasteiger partial charge on any atom is 0.256 e. The molecule has 0 aliphatic rings. The first kappa shape index (κ1) is 15.5. The van der Waals surface area contributed by atoms with Crippen LogP contribution in [0, 0.1) is 5.92 Å². The van der Waals surface area contributed by atoms with Crippen molar-refractivity contribution in [2.24, 2.45) is 11.7 Å². The lowest BCUT2D eigenvalue weighted by Gasteiger charge is -2.22. The fourth-order valence-electron chi connectivity index (χ4n) is 2.48. The molecular formula is C18H24N2O. The number of rotatable bonds is 4. The zero-order chi connectivity index (χ0) is 15.6. The van der Waals surface area contributed by atoms with Crippen molar-refractivity contribution in [1.82, 2.24) is 4.57 Å². The van der Waals surface area contributed by atoms with E-state index in [1.54, 1.807) is 0 Å². The van der Waals surface area contributed by atoms with Crippen LogP contribution in [0.15, 0.2) is 47.3 Å². The van der Waals surface area contributed by atoms with Gasteiger partial charge >= 0.3 is 0 Å². The van der Waals surface area contributed by atoms with Gasteiger partial charge in [-0.3, -0.25) is 4.79 Å². The minimum Gasteiger partial charge on any atom is -0.322 e. The molecule has 0 fully saturated rings. The molecule has 1 aromatic heterocycles. The molecular weight excluding hydrogens is 260 g/mol. The maximum absolute atomic E-state index is 12.8. The van der Waals surface area contributed by atoms with Gasteiger partial charge < -0.3 is 10.3 Å². The van der Waals surface area contributed by atoms with Gasteiger partial charge in [0.1, 0.15) is 0 Å². The van der Waals surface area contributed by atoms with Crippen LogP contribution in [0.1, 0.15) is 33.3 Å². The van der Waals surface area contributed by atoms with Crippen LogP contribution in [0.25, 0.3) is 11.3 Å². The normalized spacial score (nSPS) is 11.9. The standard InChI is InChI=1S/C18H24N2O/c1-13(2)12-20-16(14-8-6-5-7-9-14)11-10-15(17(20)21)18(3,4)19/h5-11,13H,12,19H2,1-4H3. The molecule has 0 aliphatic carbocycles. The van der Waals surface area contributed by atoms with E-state index in [-0.39, 0.29) is 5.56 Å². The minimum atomic E-state index is -0.634. The second kappa shape index (κ2) is 5.86. The van der Waals surface area contributed by atoms with Crippen LogP contribution >= 0.6 is 0 Å². The van der Waals surface area contributed by atoms with Crippen molar-refractivity contribution < 1.29 is 0 Å². The molecule has 2 aromatic rings.